The molecule has 0 saturated heterocycles. The van der Waals surface area contributed by atoms with Crippen LogP contribution in [0.2, 0.25) is 0 Å². The monoisotopic (exact) mass is 357 g/mol. The lowest BCUT2D eigenvalue weighted by Gasteiger charge is -2.21. The van der Waals surface area contributed by atoms with Gasteiger partial charge in [0, 0.05) is 0 Å². The molecule has 0 saturated carbocycles. The summed E-state index contributed by atoms with van der Waals surface area (Å²) in [7, 11) is 1.61. The molecule has 0 aromatic heterocycles. The van der Waals surface area contributed by atoms with Gasteiger partial charge in [0.2, 0.25) is 0 Å². The second-order valence-electron chi connectivity index (χ2n) is 6.18. The minimum Gasteiger partial charge on any atom is -0.497 e. The number of hydrogen-bond donors (Lipinski definition) is 1. The summed E-state index contributed by atoms with van der Waals surface area (Å²) in [5.41, 5.74) is 1.07. The molecule has 26 heavy (non-hydrogen) atoms. The number of carbonyl (C=O) groups is 1. The van der Waals surface area contributed by atoms with Gasteiger partial charge in [0.1, 0.15) is 23.9 Å². The maximum absolute atomic E-state index is 12.5. The van der Waals surface area contributed by atoms with Crippen molar-refractivity contribution in [2.75, 3.05) is 13.7 Å². The highest BCUT2D eigenvalue weighted by molar-refractivity contribution is 5.81. The molecule has 5 heteroatoms. The van der Waals surface area contributed by atoms with Crippen molar-refractivity contribution in [2.45, 2.75) is 39.3 Å². The Morgan fingerprint density at radius 1 is 1.08 bits per heavy atom. The number of amides is 1. The van der Waals surface area contributed by atoms with Crippen LogP contribution in [-0.2, 0) is 4.79 Å². The van der Waals surface area contributed by atoms with Crippen molar-refractivity contribution in [1.82, 2.24) is 5.32 Å². The van der Waals surface area contributed by atoms with Gasteiger partial charge in [0.25, 0.3) is 5.91 Å². The molecule has 1 amide bonds. The van der Waals surface area contributed by atoms with E-state index < -0.39 is 6.10 Å². The number of nitrogens with one attached hydrogen (secondary N) is 1. The van der Waals surface area contributed by atoms with E-state index in [1.54, 1.807) is 31.4 Å². The van der Waals surface area contributed by atoms with E-state index >= 15 is 0 Å². The predicted molar refractivity (Wildman–Crippen MR) is 102 cm³/mol. The molecule has 1 N–H and O–H groups in total. The van der Waals surface area contributed by atoms with Crippen molar-refractivity contribution in [3.05, 3.63) is 54.1 Å². The molecule has 0 heterocycles. The molecule has 2 aromatic carbocycles. The molecule has 0 aliphatic rings. The van der Waals surface area contributed by atoms with Crippen LogP contribution in [0.15, 0.2) is 48.5 Å². The number of benzene rings is 2. The SMILES string of the molecule is CCC(Oc1ccc(OC)cc1)C(=O)NC(C)COc1ccccc1C. The first kappa shape index (κ1) is 19.6. The van der Waals surface area contributed by atoms with Gasteiger partial charge in [-0.05, 0) is 56.2 Å². The topological polar surface area (TPSA) is 56.8 Å². The van der Waals surface area contributed by atoms with E-state index in [0.29, 0.717) is 18.8 Å². The fourth-order valence-electron chi connectivity index (χ4n) is 2.45. The van der Waals surface area contributed by atoms with E-state index in [0.717, 1.165) is 17.1 Å². The van der Waals surface area contributed by atoms with Crippen LogP contribution in [0.25, 0.3) is 0 Å². The van der Waals surface area contributed by atoms with Gasteiger partial charge in [0.15, 0.2) is 6.10 Å². The second kappa shape index (κ2) is 9.70. The van der Waals surface area contributed by atoms with Crippen molar-refractivity contribution in [1.29, 1.82) is 0 Å². The van der Waals surface area contributed by atoms with Gasteiger partial charge in [-0.1, -0.05) is 25.1 Å². The summed E-state index contributed by atoms with van der Waals surface area (Å²) >= 11 is 0. The Bertz CT molecular complexity index is 699. The lowest BCUT2D eigenvalue weighted by molar-refractivity contribution is -0.128. The molecule has 0 aliphatic heterocycles. The Hall–Kier alpha value is -2.69. The fraction of sp³-hybridized carbons (Fsp3) is 0.381. The molecule has 0 spiro atoms. The van der Waals surface area contributed by atoms with Crippen LogP contribution in [0, 0.1) is 6.92 Å². The number of aryl methyl sites for hydroxylation is 1. The highest BCUT2D eigenvalue weighted by atomic mass is 16.5. The molecule has 2 unspecified atom stereocenters. The predicted octanol–water partition coefficient (Wildman–Crippen LogP) is 3.74. The van der Waals surface area contributed by atoms with Gasteiger partial charge >= 0.3 is 0 Å². The van der Waals surface area contributed by atoms with Crippen molar-refractivity contribution < 1.29 is 19.0 Å². The standard InChI is InChI=1S/C21H27NO4/c1-5-19(26-18-12-10-17(24-4)11-13-18)21(23)22-16(3)14-25-20-9-7-6-8-15(20)2/h6-13,16,19H,5,14H2,1-4H3,(H,22,23). The van der Waals surface area contributed by atoms with Crippen LogP contribution in [0.4, 0.5) is 0 Å². The van der Waals surface area contributed by atoms with Crippen molar-refractivity contribution in [3.8, 4) is 17.2 Å². The maximum Gasteiger partial charge on any atom is 0.261 e. The summed E-state index contributed by atoms with van der Waals surface area (Å²) in [6.07, 6.45) is 0.0211. The number of methoxy groups -OCH3 is 1. The van der Waals surface area contributed by atoms with E-state index in [4.69, 9.17) is 14.2 Å². The summed E-state index contributed by atoms with van der Waals surface area (Å²) in [6.45, 7) is 6.22. The van der Waals surface area contributed by atoms with E-state index in [1.807, 2.05) is 45.0 Å². The Kier molecular flexibility index (Phi) is 7.33. The molecular formula is C21H27NO4. The molecule has 2 atom stereocenters. The van der Waals surface area contributed by atoms with Crippen LogP contribution >= 0.6 is 0 Å². The third kappa shape index (κ3) is 5.69. The van der Waals surface area contributed by atoms with Gasteiger partial charge in [0.05, 0.1) is 13.2 Å². The van der Waals surface area contributed by atoms with Gasteiger partial charge in [-0.2, -0.15) is 0 Å². The van der Waals surface area contributed by atoms with Gasteiger partial charge < -0.3 is 19.5 Å². The molecule has 2 aromatic rings. The molecule has 0 aliphatic carbocycles. The molecule has 0 radical (unpaired) electrons. The zero-order valence-electron chi connectivity index (χ0n) is 15.8. The van der Waals surface area contributed by atoms with Gasteiger partial charge in [-0.3, -0.25) is 4.79 Å². The average molecular weight is 357 g/mol. The number of carbonyl (C=O) groups excluding carboxylic acids is 1. The zero-order valence-corrected chi connectivity index (χ0v) is 15.8. The molecular weight excluding hydrogens is 330 g/mol. The third-order valence-electron chi connectivity index (χ3n) is 3.97. The fourth-order valence-corrected chi connectivity index (χ4v) is 2.45. The Morgan fingerprint density at radius 3 is 2.35 bits per heavy atom. The second-order valence-corrected chi connectivity index (χ2v) is 6.18. The number of hydrogen-bond acceptors (Lipinski definition) is 4. The lowest BCUT2D eigenvalue weighted by Crippen LogP contribution is -2.44. The van der Waals surface area contributed by atoms with Crippen molar-refractivity contribution in [2.24, 2.45) is 0 Å². The first-order valence-electron chi connectivity index (χ1n) is 8.83. The smallest absolute Gasteiger partial charge is 0.261 e. The largest absolute Gasteiger partial charge is 0.497 e. The molecule has 2 rings (SSSR count). The van der Waals surface area contributed by atoms with Crippen LogP contribution in [0.3, 0.4) is 0 Å². The average Bonchev–Trinajstić information content (AvgIpc) is 2.65. The first-order chi connectivity index (χ1) is 12.5. The number of ether oxygens (including phenoxy) is 3. The minimum atomic E-state index is -0.552. The van der Waals surface area contributed by atoms with Crippen LogP contribution < -0.4 is 19.5 Å². The van der Waals surface area contributed by atoms with E-state index in [1.165, 1.54) is 0 Å². The summed E-state index contributed by atoms with van der Waals surface area (Å²) in [6, 6.07) is 14.9. The quantitative estimate of drug-likeness (QED) is 0.743. The summed E-state index contributed by atoms with van der Waals surface area (Å²) < 4.78 is 16.7. The van der Waals surface area contributed by atoms with Crippen LogP contribution in [-0.4, -0.2) is 31.8 Å². The first-order valence-corrected chi connectivity index (χ1v) is 8.83. The molecule has 0 fully saturated rings. The Morgan fingerprint density at radius 2 is 1.73 bits per heavy atom. The van der Waals surface area contributed by atoms with Crippen molar-refractivity contribution >= 4 is 5.91 Å². The van der Waals surface area contributed by atoms with Crippen molar-refractivity contribution in [3.63, 3.8) is 0 Å². The van der Waals surface area contributed by atoms with Crippen LogP contribution in [0.1, 0.15) is 25.8 Å². The Labute approximate surface area is 155 Å². The van der Waals surface area contributed by atoms with Crippen LogP contribution in [0.5, 0.6) is 17.2 Å². The summed E-state index contributed by atoms with van der Waals surface area (Å²) in [5.74, 6) is 2.06. The van der Waals surface area contributed by atoms with Gasteiger partial charge in [-0.25, -0.2) is 0 Å². The zero-order chi connectivity index (χ0) is 18.9. The van der Waals surface area contributed by atoms with E-state index in [2.05, 4.69) is 5.32 Å². The highest BCUT2D eigenvalue weighted by Crippen LogP contribution is 2.19. The maximum atomic E-state index is 12.5. The molecule has 140 valence electrons. The van der Waals surface area contributed by atoms with E-state index in [9.17, 15) is 4.79 Å². The summed E-state index contributed by atoms with van der Waals surface area (Å²) in [5, 5.41) is 2.95. The highest BCUT2D eigenvalue weighted by Gasteiger charge is 2.20. The molecule has 0 bridgehead atoms. The lowest BCUT2D eigenvalue weighted by atomic mass is 10.2. The minimum absolute atomic E-state index is 0.129. The number of rotatable bonds is 9. The molecule has 5 nitrogen and oxygen atoms in total. The summed E-state index contributed by atoms with van der Waals surface area (Å²) in [4.78, 5) is 12.5. The number of para-hydroxylation sites is 1. The van der Waals surface area contributed by atoms with Gasteiger partial charge in [-0.15, -0.1) is 0 Å². The Balaban J connectivity index is 1.85. The normalized spacial score (nSPS) is 12.8. The third-order valence-corrected chi connectivity index (χ3v) is 3.97. The van der Waals surface area contributed by atoms with E-state index in [-0.39, 0.29) is 11.9 Å².